The number of carbonyl (C=O) groups is 2. The van der Waals surface area contributed by atoms with Crippen molar-refractivity contribution in [1.82, 2.24) is 0 Å². The topological polar surface area (TPSA) is 72.2 Å². The van der Waals surface area contributed by atoms with Gasteiger partial charge in [-0.2, -0.15) is 0 Å². The summed E-state index contributed by atoms with van der Waals surface area (Å²) in [7, 11) is 0. The predicted octanol–water partition coefficient (Wildman–Crippen LogP) is 3.82. The molecule has 0 bridgehead atoms. The summed E-state index contributed by atoms with van der Waals surface area (Å²) in [6.07, 6.45) is 0. The van der Waals surface area contributed by atoms with E-state index < -0.39 is 5.91 Å². The Morgan fingerprint density at radius 3 is 2.64 bits per heavy atom. The number of benzene rings is 2. The van der Waals surface area contributed by atoms with Crippen LogP contribution in [-0.4, -0.2) is 17.6 Å². The summed E-state index contributed by atoms with van der Waals surface area (Å²) >= 11 is 13.2. The van der Waals surface area contributed by atoms with Crippen molar-refractivity contribution in [2.75, 3.05) is 11.1 Å². The van der Waals surface area contributed by atoms with E-state index in [2.05, 4.69) is 5.32 Å². The number of hydrogen-bond donors (Lipinski definition) is 2. The molecule has 4 nitrogen and oxygen atoms in total. The molecule has 0 radical (unpaired) electrons. The molecular formula is C15H12Cl2N2O2S. The van der Waals surface area contributed by atoms with Crippen molar-refractivity contribution in [2.24, 2.45) is 5.73 Å². The van der Waals surface area contributed by atoms with Gasteiger partial charge in [-0.1, -0.05) is 29.3 Å². The van der Waals surface area contributed by atoms with Crippen molar-refractivity contribution in [1.29, 1.82) is 0 Å². The average Bonchev–Trinajstić information content (AvgIpc) is 2.48. The number of nitrogens with one attached hydrogen (secondary N) is 1. The molecule has 0 heterocycles. The maximum atomic E-state index is 11.9. The van der Waals surface area contributed by atoms with E-state index in [9.17, 15) is 9.59 Å². The van der Waals surface area contributed by atoms with Crippen LogP contribution >= 0.6 is 35.0 Å². The second-order valence-corrected chi connectivity index (χ2v) is 6.22. The molecule has 0 aliphatic carbocycles. The first-order chi connectivity index (χ1) is 10.5. The van der Waals surface area contributed by atoms with Crippen molar-refractivity contribution < 1.29 is 9.59 Å². The lowest BCUT2D eigenvalue weighted by Crippen LogP contribution is -2.15. The Morgan fingerprint density at radius 2 is 1.91 bits per heavy atom. The standard InChI is InChI=1S/C15H12Cl2N2O2S/c16-10-4-5-12(17)13(7-10)22-8-14(20)19-11-3-1-2-9(6-11)15(18)21/h1-7H,8H2,(H2,18,21)(H,19,20). The third-order valence-corrected chi connectivity index (χ3v) is 4.41. The van der Waals surface area contributed by atoms with Gasteiger partial charge in [0, 0.05) is 21.2 Å². The Bertz CT molecular complexity index is 722. The van der Waals surface area contributed by atoms with Gasteiger partial charge in [-0.15, -0.1) is 11.8 Å². The lowest BCUT2D eigenvalue weighted by molar-refractivity contribution is -0.113. The number of thioether (sulfide) groups is 1. The highest BCUT2D eigenvalue weighted by Crippen LogP contribution is 2.29. The minimum absolute atomic E-state index is 0.168. The van der Waals surface area contributed by atoms with Crippen LogP contribution in [0.2, 0.25) is 10.0 Å². The highest BCUT2D eigenvalue weighted by molar-refractivity contribution is 8.00. The minimum atomic E-state index is -0.545. The van der Waals surface area contributed by atoms with Gasteiger partial charge in [0.2, 0.25) is 11.8 Å². The lowest BCUT2D eigenvalue weighted by atomic mass is 10.2. The zero-order valence-corrected chi connectivity index (χ0v) is 13.6. The third kappa shape index (κ3) is 4.66. The molecule has 22 heavy (non-hydrogen) atoms. The summed E-state index contributed by atoms with van der Waals surface area (Å²) in [6.45, 7) is 0. The molecule has 2 rings (SSSR count). The van der Waals surface area contributed by atoms with Crippen LogP contribution in [0.1, 0.15) is 10.4 Å². The van der Waals surface area contributed by atoms with Gasteiger partial charge in [-0.3, -0.25) is 9.59 Å². The van der Waals surface area contributed by atoms with E-state index >= 15 is 0 Å². The zero-order valence-electron chi connectivity index (χ0n) is 11.3. The van der Waals surface area contributed by atoms with Gasteiger partial charge in [-0.25, -0.2) is 0 Å². The molecule has 2 aromatic rings. The molecule has 3 N–H and O–H groups in total. The van der Waals surface area contributed by atoms with Crippen LogP contribution in [0.3, 0.4) is 0 Å². The molecule has 0 aliphatic rings. The first kappa shape index (κ1) is 16.7. The van der Waals surface area contributed by atoms with Gasteiger partial charge in [0.25, 0.3) is 0 Å². The molecule has 7 heteroatoms. The summed E-state index contributed by atoms with van der Waals surface area (Å²) in [5, 5.41) is 3.79. The molecule has 0 saturated heterocycles. The van der Waals surface area contributed by atoms with Crippen LogP contribution < -0.4 is 11.1 Å². The van der Waals surface area contributed by atoms with Gasteiger partial charge in [0.05, 0.1) is 10.8 Å². The number of carbonyl (C=O) groups excluding carboxylic acids is 2. The molecular weight excluding hydrogens is 343 g/mol. The normalized spacial score (nSPS) is 10.3. The van der Waals surface area contributed by atoms with E-state index in [0.29, 0.717) is 21.3 Å². The SMILES string of the molecule is NC(=O)c1cccc(NC(=O)CSc2cc(Cl)ccc2Cl)c1. The van der Waals surface area contributed by atoms with E-state index in [1.807, 2.05) is 0 Å². The van der Waals surface area contributed by atoms with E-state index in [1.165, 1.54) is 17.8 Å². The summed E-state index contributed by atoms with van der Waals surface area (Å²) in [6, 6.07) is 11.5. The number of hydrogen-bond acceptors (Lipinski definition) is 3. The van der Waals surface area contributed by atoms with Crippen LogP contribution in [0.5, 0.6) is 0 Å². The molecule has 0 aromatic heterocycles. The average molecular weight is 355 g/mol. The van der Waals surface area contributed by atoms with E-state index in [1.54, 1.807) is 36.4 Å². The number of anilines is 1. The number of primary amides is 1. The van der Waals surface area contributed by atoms with Gasteiger partial charge in [0.1, 0.15) is 0 Å². The fraction of sp³-hybridized carbons (Fsp3) is 0.0667. The van der Waals surface area contributed by atoms with Crippen LogP contribution in [0, 0.1) is 0 Å². The summed E-state index contributed by atoms with van der Waals surface area (Å²) in [5.41, 5.74) is 6.05. The van der Waals surface area contributed by atoms with Crippen molar-refractivity contribution in [3.05, 3.63) is 58.1 Å². The summed E-state index contributed by atoms with van der Waals surface area (Å²) in [5.74, 6) is -0.597. The lowest BCUT2D eigenvalue weighted by Gasteiger charge is -2.07. The molecule has 2 aromatic carbocycles. The highest BCUT2D eigenvalue weighted by atomic mass is 35.5. The smallest absolute Gasteiger partial charge is 0.248 e. The zero-order chi connectivity index (χ0) is 16.1. The van der Waals surface area contributed by atoms with Crippen molar-refractivity contribution >= 4 is 52.5 Å². The maximum absolute atomic E-state index is 11.9. The van der Waals surface area contributed by atoms with E-state index in [4.69, 9.17) is 28.9 Å². The van der Waals surface area contributed by atoms with E-state index in [-0.39, 0.29) is 11.7 Å². The Balaban J connectivity index is 1.97. The van der Waals surface area contributed by atoms with Crippen molar-refractivity contribution in [3.63, 3.8) is 0 Å². The number of nitrogens with two attached hydrogens (primary N) is 1. The van der Waals surface area contributed by atoms with Gasteiger partial charge in [0.15, 0.2) is 0 Å². The fourth-order valence-electron chi connectivity index (χ4n) is 1.68. The Morgan fingerprint density at radius 1 is 1.14 bits per heavy atom. The Kier molecular flexibility index (Phi) is 5.71. The largest absolute Gasteiger partial charge is 0.366 e. The van der Waals surface area contributed by atoms with Gasteiger partial charge in [-0.05, 0) is 36.4 Å². The summed E-state index contributed by atoms with van der Waals surface area (Å²) < 4.78 is 0. The Labute approximate surface area is 142 Å². The summed E-state index contributed by atoms with van der Waals surface area (Å²) in [4.78, 5) is 23.8. The van der Waals surface area contributed by atoms with Crippen LogP contribution in [0.4, 0.5) is 5.69 Å². The number of amides is 2. The van der Waals surface area contributed by atoms with Crippen molar-refractivity contribution in [2.45, 2.75) is 4.90 Å². The first-order valence-electron chi connectivity index (χ1n) is 6.23. The highest BCUT2D eigenvalue weighted by Gasteiger charge is 2.08. The second-order valence-electron chi connectivity index (χ2n) is 4.36. The molecule has 114 valence electrons. The van der Waals surface area contributed by atoms with Crippen molar-refractivity contribution in [3.8, 4) is 0 Å². The monoisotopic (exact) mass is 354 g/mol. The van der Waals surface area contributed by atoms with Gasteiger partial charge < -0.3 is 11.1 Å². The molecule has 0 aliphatic heterocycles. The first-order valence-corrected chi connectivity index (χ1v) is 7.97. The van der Waals surface area contributed by atoms with Crippen LogP contribution in [-0.2, 0) is 4.79 Å². The van der Waals surface area contributed by atoms with Crippen LogP contribution in [0.15, 0.2) is 47.4 Å². The molecule has 0 atom stereocenters. The molecule has 0 spiro atoms. The fourth-order valence-corrected chi connectivity index (χ4v) is 2.97. The van der Waals surface area contributed by atoms with Gasteiger partial charge >= 0.3 is 0 Å². The maximum Gasteiger partial charge on any atom is 0.248 e. The predicted molar refractivity (Wildman–Crippen MR) is 90.8 cm³/mol. The molecule has 2 amide bonds. The molecule has 0 saturated carbocycles. The Hall–Kier alpha value is -1.69. The minimum Gasteiger partial charge on any atom is -0.366 e. The number of halogens is 2. The molecule has 0 unspecified atom stereocenters. The molecule has 0 fully saturated rings. The quantitative estimate of drug-likeness (QED) is 0.801. The number of rotatable bonds is 5. The van der Waals surface area contributed by atoms with E-state index in [0.717, 1.165) is 4.90 Å². The van der Waals surface area contributed by atoms with Crippen LogP contribution in [0.25, 0.3) is 0 Å². The third-order valence-electron chi connectivity index (χ3n) is 2.68. The second kappa shape index (κ2) is 7.54.